The second kappa shape index (κ2) is 9.77. The Labute approximate surface area is 140 Å². The molecule has 0 amide bonds. The van der Waals surface area contributed by atoms with Crippen molar-refractivity contribution in [1.82, 2.24) is 0 Å². The van der Waals surface area contributed by atoms with Gasteiger partial charge in [-0.25, -0.2) is 0 Å². The molecule has 0 radical (unpaired) electrons. The number of hydrogen-bond donors (Lipinski definition) is 3. The molecule has 24 heavy (non-hydrogen) atoms. The van der Waals surface area contributed by atoms with Gasteiger partial charge in [0.05, 0.1) is 13.2 Å². The van der Waals surface area contributed by atoms with Crippen molar-refractivity contribution in [3.8, 4) is 23.0 Å². The van der Waals surface area contributed by atoms with E-state index in [1.165, 1.54) is 0 Å². The zero-order valence-electron chi connectivity index (χ0n) is 13.4. The second-order valence-electron chi connectivity index (χ2n) is 4.96. The third-order valence-corrected chi connectivity index (χ3v) is 3.18. The fourth-order valence-electron chi connectivity index (χ4n) is 2.14. The third-order valence-electron chi connectivity index (χ3n) is 3.18. The average molecular weight is 334 g/mol. The van der Waals surface area contributed by atoms with Gasteiger partial charge in [0.2, 0.25) is 0 Å². The molecule has 130 valence electrons. The highest BCUT2D eigenvalue weighted by molar-refractivity contribution is 5.43. The Kier molecular flexibility index (Phi) is 7.35. The van der Waals surface area contributed by atoms with E-state index in [1.807, 2.05) is 0 Å². The maximum Gasteiger partial charge on any atom is 0.127 e. The molecule has 0 unspecified atom stereocenters. The van der Waals surface area contributed by atoms with Gasteiger partial charge in [-0.05, 0) is 48.9 Å². The van der Waals surface area contributed by atoms with Gasteiger partial charge in [0.1, 0.15) is 36.2 Å². The zero-order valence-corrected chi connectivity index (χ0v) is 13.4. The van der Waals surface area contributed by atoms with Crippen molar-refractivity contribution >= 4 is 0 Å². The lowest BCUT2D eigenvalue weighted by Gasteiger charge is -2.13. The fourth-order valence-corrected chi connectivity index (χ4v) is 2.14. The van der Waals surface area contributed by atoms with Gasteiger partial charge in [-0.2, -0.15) is 0 Å². The molecule has 0 aliphatic heterocycles. The summed E-state index contributed by atoms with van der Waals surface area (Å²) in [5.41, 5.74) is 0.811. The Hall–Kier alpha value is -2.28. The van der Waals surface area contributed by atoms with Crippen molar-refractivity contribution < 1.29 is 29.5 Å². The van der Waals surface area contributed by atoms with Crippen LogP contribution in [0.3, 0.4) is 0 Å². The molecule has 3 N–H and O–H groups in total. The summed E-state index contributed by atoms with van der Waals surface area (Å²) in [6.45, 7) is 0.349. The lowest BCUT2D eigenvalue weighted by molar-refractivity contribution is 0.199. The maximum atomic E-state index is 9.17. The van der Waals surface area contributed by atoms with E-state index in [0.717, 1.165) is 5.56 Å². The number of ether oxygens (including phenoxy) is 3. The first-order valence-electron chi connectivity index (χ1n) is 7.76. The van der Waals surface area contributed by atoms with Crippen LogP contribution in [0.5, 0.6) is 23.0 Å². The Morgan fingerprint density at radius 1 is 0.667 bits per heavy atom. The Bertz CT molecular complexity index is 611. The summed E-state index contributed by atoms with van der Waals surface area (Å²) in [7, 11) is 0. The second-order valence-corrected chi connectivity index (χ2v) is 4.96. The lowest BCUT2D eigenvalue weighted by atomic mass is 10.1. The Morgan fingerprint density at radius 2 is 1.29 bits per heavy atom. The molecule has 0 fully saturated rings. The van der Waals surface area contributed by atoms with Crippen molar-refractivity contribution in [3.63, 3.8) is 0 Å². The molecule has 0 saturated heterocycles. The SMILES string of the molecule is OCCOc1ccc(Oc2ccc(OCCO)c(CCO)c2)cc1. The molecule has 0 heterocycles. The predicted octanol–water partition coefficient (Wildman–Crippen LogP) is 1.76. The summed E-state index contributed by atoms with van der Waals surface area (Å²) in [6.07, 6.45) is 0.436. The van der Waals surface area contributed by atoms with Crippen molar-refractivity contribution in [1.29, 1.82) is 0 Å². The van der Waals surface area contributed by atoms with Gasteiger partial charge in [-0.1, -0.05) is 0 Å². The first kappa shape index (κ1) is 18.1. The summed E-state index contributed by atoms with van der Waals surface area (Å²) in [5.74, 6) is 2.55. The minimum absolute atomic E-state index is 0.00414. The van der Waals surface area contributed by atoms with Crippen LogP contribution in [-0.4, -0.2) is 48.4 Å². The van der Waals surface area contributed by atoms with Crippen LogP contribution < -0.4 is 14.2 Å². The van der Waals surface area contributed by atoms with Gasteiger partial charge >= 0.3 is 0 Å². The predicted molar refractivity (Wildman–Crippen MR) is 88.9 cm³/mol. The monoisotopic (exact) mass is 334 g/mol. The molecule has 2 aromatic carbocycles. The summed E-state index contributed by atoms with van der Waals surface area (Å²) < 4.78 is 16.5. The minimum Gasteiger partial charge on any atom is -0.491 e. The summed E-state index contributed by atoms with van der Waals surface area (Å²) in [4.78, 5) is 0. The van der Waals surface area contributed by atoms with Crippen LogP contribution in [0.25, 0.3) is 0 Å². The molecule has 0 aliphatic rings. The van der Waals surface area contributed by atoms with E-state index in [4.69, 9.17) is 24.4 Å². The number of aliphatic hydroxyl groups excluding tert-OH is 3. The van der Waals surface area contributed by atoms with Gasteiger partial charge in [0, 0.05) is 12.2 Å². The van der Waals surface area contributed by atoms with E-state index in [9.17, 15) is 5.11 Å². The highest BCUT2D eigenvalue weighted by atomic mass is 16.5. The lowest BCUT2D eigenvalue weighted by Crippen LogP contribution is -2.05. The van der Waals surface area contributed by atoms with Crippen molar-refractivity contribution in [2.45, 2.75) is 6.42 Å². The summed E-state index contributed by atoms with van der Waals surface area (Å²) >= 11 is 0. The molecule has 6 heteroatoms. The van der Waals surface area contributed by atoms with E-state index in [0.29, 0.717) is 29.4 Å². The molecular formula is C18H22O6. The van der Waals surface area contributed by atoms with Crippen LogP contribution in [-0.2, 0) is 6.42 Å². The van der Waals surface area contributed by atoms with Gasteiger partial charge in [0.25, 0.3) is 0 Å². The molecule has 0 aliphatic carbocycles. The zero-order chi connectivity index (χ0) is 17.2. The minimum atomic E-state index is -0.0679. The topological polar surface area (TPSA) is 88.4 Å². The van der Waals surface area contributed by atoms with Crippen LogP contribution >= 0.6 is 0 Å². The van der Waals surface area contributed by atoms with Crippen molar-refractivity contribution in [3.05, 3.63) is 48.0 Å². The summed E-state index contributed by atoms with van der Waals surface area (Å²) in [5, 5.41) is 26.8. The quantitative estimate of drug-likeness (QED) is 0.613. The molecule has 0 aromatic heterocycles. The average Bonchev–Trinajstić information content (AvgIpc) is 2.61. The molecule has 6 nitrogen and oxygen atoms in total. The van der Waals surface area contributed by atoms with E-state index in [1.54, 1.807) is 42.5 Å². The van der Waals surface area contributed by atoms with Crippen LogP contribution in [0, 0.1) is 0 Å². The van der Waals surface area contributed by atoms with Crippen LogP contribution in [0.15, 0.2) is 42.5 Å². The van der Waals surface area contributed by atoms with E-state index >= 15 is 0 Å². The first-order chi connectivity index (χ1) is 11.8. The summed E-state index contributed by atoms with van der Waals surface area (Å²) in [6, 6.07) is 12.4. The van der Waals surface area contributed by atoms with Gasteiger partial charge < -0.3 is 29.5 Å². The largest absolute Gasteiger partial charge is 0.491 e. The number of rotatable bonds is 10. The van der Waals surface area contributed by atoms with Crippen LogP contribution in [0.1, 0.15) is 5.56 Å². The molecule has 2 aromatic rings. The maximum absolute atomic E-state index is 9.17. The molecule has 0 saturated carbocycles. The fraction of sp³-hybridized carbons (Fsp3) is 0.333. The number of aliphatic hydroxyl groups is 3. The first-order valence-corrected chi connectivity index (χ1v) is 7.76. The van der Waals surface area contributed by atoms with Crippen molar-refractivity contribution in [2.24, 2.45) is 0 Å². The normalized spacial score (nSPS) is 10.5. The Morgan fingerprint density at radius 3 is 1.96 bits per heavy atom. The smallest absolute Gasteiger partial charge is 0.127 e. The number of hydrogen-bond acceptors (Lipinski definition) is 6. The van der Waals surface area contributed by atoms with E-state index in [-0.39, 0.29) is 33.0 Å². The molecule has 0 atom stereocenters. The highest BCUT2D eigenvalue weighted by Gasteiger charge is 2.07. The van der Waals surface area contributed by atoms with E-state index < -0.39 is 0 Å². The van der Waals surface area contributed by atoms with Gasteiger partial charge in [-0.3, -0.25) is 0 Å². The molecular weight excluding hydrogens is 312 g/mol. The highest BCUT2D eigenvalue weighted by Crippen LogP contribution is 2.29. The molecule has 2 rings (SSSR count). The number of benzene rings is 2. The third kappa shape index (κ3) is 5.42. The van der Waals surface area contributed by atoms with Crippen molar-refractivity contribution in [2.75, 3.05) is 33.0 Å². The Balaban J connectivity index is 2.06. The molecule has 0 spiro atoms. The van der Waals surface area contributed by atoms with Crippen LogP contribution in [0.4, 0.5) is 0 Å². The standard InChI is InChI=1S/C18H22O6/c19-8-7-14-13-17(5-6-18(14)23-12-10-21)24-16-3-1-15(2-4-16)22-11-9-20/h1-6,13,19-21H,7-12H2. The van der Waals surface area contributed by atoms with E-state index in [2.05, 4.69) is 0 Å². The van der Waals surface area contributed by atoms with Gasteiger partial charge in [-0.15, -0.1) is 0 Å². The molecule has 0 bridgehead atoms. The van der Waals surface area contributed by atoms with Crippen LogP contribution in [0.2, 0.25) is 0 Å². The van der Waals surface area contributed by atoms with Gasteiger partial charge in [0.15, 0.2) is 0 Å².